The first kappa shape index (κ1) is 15.3. The van der Waals surface area contributed by atoms with Gasteiger partial charge in [0.15, 0.2) is 0 Å². The Morgan fingerprint density at radius 3 is 2.40 bits per heavy atom. The predicted molar refractivity (Wildman–Crippen MR) is 64.9 cm³/mol. The smallest absolute Gasteiger partial charge is 0.367 e. The second kappa shape index (κ2) is 4.44. The summed E-state index contributed by atoms with van der Waals surface area (Å²) < 4.78 is 62.0. The van der Waals surface area contributed by atoms with Gasteiger partial charge in [-0.15, -0.1) is 11.3 Å². The van der Waals surface area contributed by atoms with Crippen LogP contribution < -0.4 is 0 Å². The Kier molecular flexibility index (Phi) is 3.40. The fraction of sp³-hybridized carbons (Fsp3) is 0.545. The van der Waals surface area contributed by atoms with Crippen LogP contribution >= 0.6 is 11.3 Å². The molecule has 0 aliphatic heterocycles. The third kappa shape index (κ3) is 2.21. The highest BCUT2D eigenvalue weighted by Gasteiger charge is 2.61. The zero-order valence-electron chi connectivity index (χ0n) is 10.2. The Labute approximate surface area is 117 Å². The van der Waals surface area contributed by atoms with Crippen LogP contribution in [-0.4, -0.2) is 24.6 Å². The van der Waals surface area contributed by atoms with E-state index in [1.165, 1.54) is 6.07 Å². The van der Waals surface area contributed by atoms with Crippen molar-refractivity contribution in [3.05, 3.63) is 16.5 Å². The molecule has 0 radical (unpaired) electrons. The molecule has 1 aliphatic carbocycles. The van der Waals surface area contributed by atoms with Crippen molar-refractivity contribution in [2.45, 2.75) is 41.0 Å². The van der Waals surface area contributed by atoms with Crippen molar-refractivity contribution in [1.82, 2.24) is 0 Å². The van der Waals surface area contributed by atoms with Crippen LogP contribution in [0.4, 0.5) is 13.2 Å². The zero-order chi connectivity index (χ0) is 15.3. The van der Waals surface area contributed by atoms with Crippen LogP contribution in [0.5, 0.6) is 0 Å². The zero-order valence-corrected chi connectivity index (χ0v) is 11.9. The highest BCUT2D eigenvalue weighted by molar-refractivity contribution is 7.94. The summed E-state index contributed by atoms with van der Waals surface area (Å²) in [5, 5.41) is 18.2. The summed E-state index contributed by atoms with van der Waals surface area (Å²) in [6, 6.07) is 3.02. The fourth-order valence-electron chi connectivity index (χ4n) is 1.67. The molecule has 20 heavy (non-hydrogen) atoms. The summed E-state index contributed by atoms with van der Waals surface area (Å²) in [5.74, 6) is -0.151. The van der Waals surface area contributed by atoms with Gasteiger partial charge in [-0.1, -0.05) is 0 Å². The van der Waals surface area contributed by atoms with E-state index in [4.69, 9.17) is 5.26 Å². The number of nitriles is 1. The molecular weight excluding hydrogens is 315 g/mol. The van der Waals surface area contributed by atoms with E-state index >= 15 is 0 Å². The molecule has 1 atom stereocenters. The van der Waals surface area contributed by atoms with Gasteiger partial charge in [0.2, 0.25) is 9.84 Å². The summed E-state index contributed by atoms with van der Waals surface area (Å²) in [6.07, 6.45) is -3.99. The molecule has 1 unspecified atom stereocenters. The summed E-state index contributed by atoms with van der Waals surface area (Å²) in [7, 11) is -5.02. The minimum Gasteiger partial charge on any atom is -0.367 e. The highest BCUT2D eigenvalue weighted by atomic mass is 32.2. The molecule has 1 aromatic heterocycles. The van der Waals surface area contributed by atoms with E-state index in [2.05, 4.69) is 0 Å². The van der Waals surface area contributed by atoms with E-state index in [9.17, 15) is 26.7 Å². The lowest BCUT2D eigenvalue weighted by molar-refractivity contribution is -0.216. The Hall–Kier alpha value is -1.11. The third-order valence-corrected chi connectivity index (χ3v) is 6.91. The molecule has 1 aliphatic rings. The van der Waals surface area contributed by atoms with Crippen LogP contribution in [0.15, 0.2) is 10.3 Å². The van der Waals surface area contributed by atoms with Crippen LogP contribution in [0.1, 0.15) is 36.1 Å². The summed E-state index contributed by atoms with van der Waals surface area (Å²) in [6.45, 7) is 0.213. The topological polar surface area (TPSA) is 78.2 Å². The fourth-order valence-corrected chi connectivity index (χ4v) is 4.84. The molecule has 0 spiro atoms. The van der Waals surface area contributed by atoms with Crippen LogP contribution in [0.2, 0.25) is 0 Å². The Balaban J connectivity index is 2.61. The maximum atomic E-state index is 12.8. The van der Waals surface area contributed by atoms with Crippen LogP contribution in [0.25, 0.3) is 0 Å². The van der Waals surface area contributed by atoms with Gasteiger partial charge in [-0.25, -0.2) is 8.42 Å². The Morgan fingerprint density at radius 1 is 1.45 bits per heavy atom. The predicted octanol–water partition coefficient (Wildman–Crippen LogP) is 2.54. The number of sulfone groups is 1. The van der Waals surface area contributed by atoms with E-state index < -0.39 is 25.2 Å². The number of thiophene rings is 1. The largest absolute Gasteiger partial charge is 0.431 e. The van der Waals surface area contributed by atoms with Crippen LogP contribution in [0, 0.1) is 11.3 Å². The molecule has 0 amide bonds. The first-order valence-corrected chi connectivity index (χ1v) is 7.90. The van der Waals surface area contributed by atoms with Crippen LogP contribution in [-0.2, 0) is 9.84 Å². The van der Waals surface area contributed by atoms with Crippen molar-refractivity contribution < 1.29 is 26.7 Å². The summed E-state index contributed by atoms with van der Waals surface area (Å²) >= 11 is 0.469. The maximum Gasteiger partial charge on any atom is 0.431 e. The van der Waals surface area contributed by atoms with Crippen molar-refractivity contribution in [3.8, 4) is 6.07 Å². The molecule has 1 heterocycles. The quantitative estimate of drug-likeness (QED) is 0.926. The van der Waals surface area contributed by atoms with E-state index in [-0.39, 0.29) is 23.3 Å². The molecule has 0 bridgehead atoms. The van der Waals surface area contributed by atoms with E-state index in [0.717, 1.165) is 0 Å². The van der Waals surface area contributed by atoms with Gasteiger partial charge in [0.25, 0.3) is 4.93 Å². The van der Waals surface area contributed by atoms with Crippen molar-refractivity contribution >= 4 is 21.2 Å². The van der Waals surface area contributed by atoms with Gasteiger partial charge in [0.05, 0.1) is 0 Å². The Bertz CT molecular complexity index is 679. The number of aliphatic hydroxyl groups is 1. The molecule has 0 saturated heterocycles. The van der Waals surface area contributed by atoms with Gasteiger partial charge in [0, 0.05) is 0 Å². The first-order valence-electron chi connectivity index (χ1n) is 5.60. The molecule has 1 aromatic rings. The minimum absolute atomic E-state index is 0.0171. The second-order valence-corrected chi connectivity index (χ2v) is 8.24. The molecule has 0 aromatic carbocycles. The van der Waals surface area contributed by atoms with Gasteiger partial charge in [-0.2, -0.15) is 18.4 Å². The van der Waals surface area contributed by atoms with Gasteiger partial charge in [0.1, 0.15) is 15.2 Å². The average Bonchev–Trinajstić information content (AvgIpc) is 3.06. The summed E-state index contributed by atoms with van der Waals surface area (Å²) in [4.78, 5) is -3.86. The molecule has 1 N–H and O–H groups in total. The normalized spacial score (nSPS) is 19.4. The lowest BCUT2D eigenvalue weighted by Crippen LogP contribution is -2.49. The van der Waals surface area contributed by atoms with E-state index in [0.29, 0.717) is 24.2 Å². The molecular formula is C11H10F3NO3S2. The molecule has 9 heteroatoms. The third-order valence-electron chi connectivity index (χ3n) is 3.15. The van der Waals surface area contributed by atoms with Crippen molar-refractivity contribution in [2.24, 2.45) is 0 Å². The van der Waals surface area contributed by atoms with Crippen molar-refractivity contribution in [3.63, 3.8) is 0 Å². The number of halogens is 3. The van der Waals surface area contributed by atoms with Gasteiger partial charge >= 0.3 is 6.18 Å². The lowest BCUT2D eigenvalue weighted by Gasteiger charge is -2.25. The molecule has 2 rings (SSSR count). The number of hydrogen-bond donors (Lipinski definition) is 1. The lowest BCUT2D eigenvalue weighted by atomic mass is 10.2. The number of alkyl halides is 3. The first-order chi connectivity index (χ1) is 9.02. The number of hydrogen-bond acceptors (Lipinski definition) is 5. The average molecular weight is 325 g/mol. The molecule has 110 valence electrons. The molecule has 1 saturated carbocycles. The van der Waals surface area contributed by atoms with Gasteiger partial charge in [-0.3, -0.25) is 0 Å². The minimum atomic E-state index is -5.32. The number of rotatable bonds is 3. The van der Waals surface area contributed by atoms with E-state index in [1.54, 1.807) is 6.07 Å². The molecule has 4 nitrogen and oxygen atoms in total. The van der Waals surface area contributed by atoms with Crippen molar-refractivity contribution in [2.75, 3.05) is 0 Å². The van der Waals surface area contributed by atoms with Gasteiger partial charge < -0.3 is 5.11 Å². The highest BCUT2D eigenvalue weighted by Crippen LogP contribution is 2.49. The Morgan fingerprint density at radius 2 is 2.00 bits per heavy atom. The number of nitrogens with zero attached hydrogens (tertiary/aromatic N) is 1. The SMILES string of the molecule is CC(O)(C(F)(F)F)S(=O)(=O)c1sc(C#N)cc1C1CC1. The maximum absolute atomic E-state index is 12.8. The summed E-state index contributed by atoms with van der Waals surface area (Å²) in [5.41, 5.74) is 0.205. The standard InChI is InChI=1S/C11H10F3NO3S2/c1-10(16,11(12,13)14)20(17,18)9-8(6-2-3-6)4-7(5-15)19-9/h4,6,16H,2-3H2,1H3. The van der Waals surface area contributed by atoms with E-state index in [1.807, 2.05) is 0 Å². The van der Waals surface area contributed by atoms with Gasteiger partial charge in [-0.05, 0) is 37.3 Å². The van der Waals surface area contributed by atoms with Crippen molar-refractivity contribution in [1.29, 1.82) is 5.26 Å². The monoisotopic (exact) mass is 325 g/mol. The molecule has 1 fully saturated rings. The second-order valence-electron chi connectivity index (χ2n) is 4.72. The van der Waals surface area contributed by atoms with Crippen LogP contribution in [0.3, 0.4) is 0 Å².